The molecule has 3 aromatic rings. The quantitative estimate of drug-likeness (QED) is 0.283. The Balaban J connectivity index is 2.11. The van der Waals surface area contributed by atoms with Crippen molar-refractivity contribution >= 4 is 27.5 Å². The number of hydrogen-bond donors (Lipinski definition) is 1. The van der Waals surface area contributed by atoms with Gasteiger partial charge in [-0.2, -0.15) is 0 Å². The van der Waals surface area contributed by atoms with Crippen LogP contribution in [0.5, 0.6) is 11.5 Å². The maximum Gasteiger partial charge on any atom is 0.264 e. The number of nitrogens with one attached hydrogen (secondary N) is 1. The van der Waals surface area contributed by atoms with Crippen LogP contribution in [0, 0.1) is 6.92 Å². The molecule has 9 nitrogen and oxygen atoms in total. The Kier molecular flexibility index (Phi) is 11.4. The Labute approximate surface area is 249 Å². The highest BCUT2D eigenvalue weighted by Gasteiger charge is 2.35. The summed E-state index contributed by atoms with van der Waals surface area (Å²) >= 11 is 0. The number of anilines is 1. The molecule has 1 N–H and O–H groups in total. The molecule has 3 rings (SSSR count). The van der Waals surface area contributed by atoms with E-state index in [2.05, 4.69) is 5.32 Å². The Morgan fingerprint density at radius 2 is 1.57 bits per heavy atom. The van der Waals surface area contributed by atoms with Crippen molar-refractivity contribution < 1.29 is 27.5 Å². The molecule has 0 fully saturated rings. The molecule has 2 amide bonds. The van der Waals surface area contributed by atoms with Gasteiger partial charge >= 0.3 is 0 Å². The summed E-state index contributed by atoms with van der Waals surface area (Å²) in [6.07, 6.45) is 1.06. The number of amides is 2. The van der Waals surface area contributed by atoms with Gasteiger partial charge in [0.2, 0.25) is 11.8 Å². The maximum absolute atomic E-state index is 14.3. The molecule has 0 saturated heterocycles. The molecule has 0 radical (unpaired) electrons. The first-order chi connectivity index (χ1) is 20.0. The summed E-state index contributed by atoms with van der Waals surface area (Å²) in [4.78, 5) is 29.2. The average molecular weight is 596 g/mol. The second-order valence-corrected chi connectivity index (χ2v) is 12.0. The van der Waals surface area contributed by atoms with E-state index in [1.54, 1.807) is 55.6 Å². The van der Waals surface area contributed by atoms with E-state index in [1.165, 1.54) is 24.1 Å². The van der Waals surface area contributed by atoms with Gasteiger partial charge in [0, 0.05) is 12.6 Å². The summed E-state index contributed by atoms with van der Waals surface area (Å²) in [6, 6.07) is 19.4. The van der Waals surface area contributed by atoms with E-state index in [1.807, 2.05) is 39.8 Å². The molecule has 226 valence electrons. The molecule has 0 aliphatic heterocycles. The number of nitrogens with zero attached hydrogens (tertiary/aromatic N) is 2. The predicted octanol–water partition coefficient (Wildman–Crippen LogP) is 4.93. The average Bonchev–Trinajstić information content (AvgIpc) is 3.00. The molecule has 42 heavy (non-hydrogen) atoms. The molecule has 0 bridgehead atoms. The lowest BCUT2D eigenvalue weighted by molar-refractivity contribution is -0.140. The number of hydrogen-bond acceptors (Lipinski definition) is 6. The van der Waals surface area contributed by atoms with E-state index in [4.69, 9.17) is 9.47 Å². The molecule has 0 heterocycles. The number of rotatable bonds is 14. The lowest BCUT2D eigenvalue weighted by Gasteiger charge is -2.34. The number of carbonyl (C=O) groups is 2. The second-order valence-electron chi connectivity index (χ2n) is 10.1. The summed E-state index contributed by atoms with van der Waals surface area (Å²) in [5.74, 6) is 0.139. The first-order valence-corrected chi connectivity index (χ1v) is 15.4. The molecule has 0 aliphatic rings. The van der Waals surface area contributed by atoms with E-state index >= 15 is 0 Å². The van der Waals surface area contributed by atoms with Gasteiger partial charge in [-0.3, -0.25) is 13.9 Å². The molecule has 0 saturated carbocycles. The van der Waals surface area contributed by atoms with Gasteiger partial charge < -0.3 is 19.7 Å². The van der Waals surface area contributed by atoms with Crippen LogP contribution in [0.15, 0.2) is 77.7 Å². The van der Waals surface area contributed by atoms with E-state index < -0.39 is 28.5 Å². The predicted molar refractivity (Wildman–Crippen MR) is 164 cm³/mol. The van der Waals surface area contributed by atoms with Crippen LogP contribution in [0.3, 0.4) is 0 Å². The summed E-state index contributed by atoms with van der Waals surface area (Å²) in [7, 11) is -1.18. The molecule has 2 unspecified atom stereocenters. The van der Waals surface area contributed by atoms with Crippen molar-refractivity contribution in [2.45, 2.75) is 64.1 Å². The van der Waals surface area contributed by atoms with Crippen molar-refractivity contribution in [2.75, 3.05) is 25.1 Å². The smallest absolute Gasteiger partial charge is 0.264 e. The molecule has 10 heteroatoms. The first kappa shape index (κ1) is 32.5. The number of methoxy groups -OCH3 is 2. The van der Waals surface area contributed by atoms with Crippen molar-refractivity contribution in [3.05, 3.63) is 83.9 Å². The Morgan fingerprint density at radius 1 is 0.905 bits per heavy atom. The largest absolute Gasteiger partial charge is 0.497 e. The molecule has 2 atom stereocenters. The van der Waals surface area contributed by atoms with Crippen molar-refractivity contribution in [3.8, 4) is 11.5 Å². The highest BCUT2D eigenvalue weighted by atomic mass is 32.2. The minimum Gasteiger partial charge on any atom is -0.497 e. The number of sulfonamides is 1. The van der Waals surface area contributed by atoms with Gasteiger partial charge in [0.05, 0.1) is 24.8 Å². The zero-order valence-corrected chi connectivity index (χ0v) is 26.0. The van der Waals surface area contributed by atoms with E-state index in [0.29, 0.717) is 17.9 Å². The highest BCUT2D eigenvalue weighted by Crippen LogP contribution is 2.34. The van der Waals surface area contributed by atoms with Crippen LogP contribution < -0.4 is 19.1 Å². The fourth-order valence-electron chi connectivity index (χ4n) is 4.52. The van der Waals surface area contributed by atoms with E-state index in [0.717, 1.165) is 21.9 Å². The fourth-order valence-corrected chi connectivity index (χ4v) is 5.95. The van der Waals surface area contributed by atoms with Crippen LogP contribution in [0.2, 0.25) is 0 Å². The summed E-state index contributed by atoms with van der Waals surface area (Å²) in [5, 5.41) is 2.98. The molecule has 0 spiro atoms. The first-order valence-electron chi connectivity index (χ1n) is 14.0. The highest BCUT2D eigenvalue weighted by molar-refractivity contribution is 7.92. The number of ether oxygens (including phenoxy) is 2. The molecule has 0 aliphatic carbocycles. The van der Waals surface area contributed by atoms with Crippen LogP contribution in [0.1, 0.15) is 44.7 Å². The van der Waals surface area contributed by atoms with Crippen molar-refractivity contribution in [2.24, 2.45) is 0 Å². The zero-order valence-electron chi connectivity index (χ0n) is 25.2. The Hall–Kier alpha value is -4.05. The minimum atomic E-state index is -4.20. The standard InChI is InChI=1S/C32H41N3O6S/c1-7-24(4)33-32(37)28(8-2)34(21-25-15-17-26(40-5)18-16-25)31(36)22-35(29-20-23(3)14-19-30(29)41-6)42(38,39)27-12-10-9-11-13-27/h9-20,24,28H,7-8,21-22H2,1-6H3,(H,33,37). The zero-order chi connectivity index (χ0) is 30.9. The van der Waals surface area contributed by atoms with Gasteiger partial charge in [0.1, 0.15) is 24.1 Å². The summed E-state index contributed by atoms with van der Waals surface area (Å²) < 4.78 is 40.0. The Bertz CT molecular complexity index is 1440. The van der Waals surface area contributed by atoms with Gasteiger partial charge in [-0.25, -0.2) is 8.42 Å². The topological polar surface area (TPSA) is 105 Å². The Morgan fingerprint density at radius 3 is 2.14 bits per heavy atom. The number of carbonyl (C=O) groups excluding carboxylic acids is 2. The SMILES string of the molecule is CCC(C)NC(=O)C(CC)N(Cc1ccc(OC)cc1)C(=O)CN(c1cc(C)ccc1OC)S(=O)(=O)c1ccccc1. The lowest BCUT2D eigenvalue weighted by Crippen LogP contribution is -2.53. The maximum atomic E-state index is 14.3. The second kappa shape index (κ2) is 14.7. The third-order valence-electron chi connectivity index (χ3n) is 7.11. The van der Waals surface area contributed by atoms with Crippen LogP contribution in [-0.2, 0) is 26.2 Å². The van der Waals surface area contributed by atoms with E-state index in [-0.39, 0.29) is 29.1 Å². The van der Waals surface area contributed by atoms with Gasteiger partial charge in [0.15, 0.2) is 0 Å². The van der Waals surface area contributed by atoms with E-state index in [9.17, 15) is 18.0 Å². The van der Waals surface area contributed by atoms with Gasteiger partial charge in [0.25, 0.3) is 10.0 Å². The molecule has 3 aromatic carbocycles. The van der Waals surface area contributed by atoms with Crippen LogP contribution in [0.4, 0.5) is 5.69 Å². The normalized spacial score (nSPS) is 12.6. The summed E-state index contributed by atoms with van der Waals surface area (Å²) in [6.45, 7) is 7.09. The summed E-state index contributed by atoms with van der Waals surface area (Å²) in [5.41, 5.74) is 1.79. The van der Waals surface area contributed by atoms with Crippen molar-refractivity contribution in [1.29, 1.82) is 0 Å². The fraction of sp³-hybridized carbons (Fsp3) is 0.375. The number of aryl methyl sites for hydroxylation is 1. The van der Waals surface area contributed by atoms with Crippen LogP contribution in [-0.4, -0.2) is 58.0 Å². The van der Waals surface area contributed by atoms with Gasteiger partial charge in [-0.15, -0.1) is 0 Å². The molecular weight excluding hydrogens is 554 g/mol. The molecule has 0 aromatic heterocycles. The minimum absolute atomic E-state index is 0.0321. The van der Waals surface area contributed by atoms with Crippen LogP contribution in [0.25, 0.3) is 0 Å². The monoisotopic (exact) mass is 595 g/mol. The van der Waals surface area contributed by atoms with Crippen LogP contribution >= 0.6 is 0 Å². The third-order valence-corrected chi connectivity index (χ3v) is 8.89. The molecular formula is C32H41N3O6S. The van der Waals surface area contributed by atoms with Crippen molar-refractivity contribution in [3.63, 3.8) is 0 Å². The van der Waals surface area contributed by atoms with Gasteiger partial charge in [-0.1, -0.05) is 50.2 Å². The third kappa shape index (κ3) is 7.82. The van der Waals surface area contributed by atoms with Crippen molar-refractivity contribution in [1.82, 2.24) is 10.2 Å². The lowest BCUT2D eigenvalue weighted by atomic mass is 10.1. The van der Waals surface area contributed by atoms with Gasteiger partial charge in [-0.05, 0) is 74.2 Å². The number of benzene rings is 3.